The minimum absolute atomic E-state index is 0. The number of ether oxygens (including phenoxy) is 3. The normalized spacial score (nSPS) is 22.5. The quantitative estimate of drug-likeness (QED) is 0.235. The zero-order chi connectivity index (χ0) is 43.0. The molecular weight excluding hydrogens is 751 g/mol. The zero-order valence-corrected chi connectivity index (χ0v) is 36.5. The number of sulfonamides is 1. The van der Waals surface area contributed by atoms with Gasteiger partial charge in [-0.05, 0) is 82.6 Å². The van der Waals surface area contributed by atoms with Crippen molar-refractivity contribution in [3.05, 3.63) is 42.5 Å². The van der Waals surface area contributed by atoms with Gasteiger partial charge in [0.15, 0.2) is 0 Å². The number of primary amides is 1. The lowest BCUT2D eigenvalue weighted by Gasteiger charge is -2.27. The van der Waals surface area contributed by atoms with Gasteiger partial charge in [-0.2, -0.15) is 4.98 Å². The van der Waals surface area contributed by atoms with Crippen LogP contribution in [0.4, 0.5) is 4.79 Å². The summed E-state index contributed by atoms with van der Waals surface area (Å²) in [5.74, 6) is 1.21. The van der Waals surface area contributed by atoms with Gasteiger partial charge in [0.1, 0.15) is 17.7 Å². The Kier molecular flexibility index (Phi) is 19.3. The summed E-state index contributed by atoms with van der Waals surface area (Å²) in [6.45, 7) is 17.6. The summed E-state index contributed by atoms with van der Waals surface area (Å²) in [7, 11) is -1.82. The first-order valence-electron chi connectivity index (χ1n) is 20.2. The second-order valence-corrected chi connectivity index (χ2v) is 17.7. The first-order valence-corrected chi connectivity index (χ1v) is 21.7. The molecule has 1 saturated heterocycles. The maximum Gasteiger partial charge on any atom is 0.405 e. The van der Waals surface area contributed by atoms with E-state index >= 15 is 0 Å². The minimum atomic E-state index is -3.40. The average molecular weight is 824 g/mol. The maximum atomic E-state index is 13.4. The number of hydrogen-bond donors (Lipinski definition) is 3. The number of carbonyl (C=O) groups is 4. The Labute approximate surface area is 344 Å². The average Bonchev–Trinajstić information content (AvgIpc) is 3.85. The van der Waals surface area contributed by atoms with Crippen molar-refractivity contribution in [2.45, 2.75) is 143 Å². The molecule has 326 valence electrons. The Morgan fingerprint density at radius 3 is 2.32 bits per heavy atom. The number of hydrogen-bond acceptors (Lipinski definition) is 10. The highest BCUT2D eigenvalue weighted by molar-refractivity contribution is 7.91. The number of amides is 4. The predicted octanol–water partition coefficient (Wildman–Crippen LogP) is 7.54. The molecule has 0 bridgehead atoms. The van der Waals surface area contributed by atoms with Crippen molar-refractivity contribution in [1.29, 1.82) is 0 Å². The third kappa shape index (κ3) is 15.5. The van der Waals surface area contributed by atoms with E-state index in [2.05, 4.69) is 35.0 Å². The summed E-state index contributed by atoms with van der Waals surface area (Å²) < 4.78 is 40.5. The summed E-state index contributed by atoms with van der Waals surface area (Å²) in [6, 6.07) is 9.17. The number of nitrogens with two attached hydrogens (primary N) is 1. The Balaban J connectivity index is 0. The van der Waals surface area contributed by atoms with Crippen molar-refractivity contribution in [1.82, 2.24) is 19.9 Å². The molecule has 5 rings (SSSR count). The van der Waals surface area contributed by atoms with Gasteiger partial charge in [0.2, 0.25) is 39.5 Å². The highest BCUT2D eigenvalue weighted by Crippen LogP contribution is 2.45. The van der Waals surface area contributed by atoms with Crippen LogP contribution in [0.1, 0.15) is 124 Å². The fourth-order valence-electron chi connectivity index (χ4n) is 6.76. The Hall–Kier alpha value is -4.40. The number of benzene rings is 1. The van der Waals surface area contributed by atoms with E-state index < -0.39 is 38.4 Å². The van der Waals surface area contributed by atoms with Crippen LogP contribution < -0.4 is 25.2 Å². The SMILES string of the molecule is CC.CC(C)(C)OC(N)=O.CCC1(S(=O)(=O)NC(C)=O)CC1.CC[C@H]1CC(=O)N2C[C@H](Oc3nc(OC)cc4ccccc34)C[C@H]2C(=O)NC/C=C\CC[C@H](C)C1.[HH].[HH].[HH]. The second-order valence-electron chi connectivity index (χ2n) is 15.6. The van der Waals surface area contributed by atoms with Crippen LogP contribution in [0.15, 0.2) is 42.5 Å². The smallest absolute Gasteiger partial charge is 0.405 e. The standard InChI is InChI=1S/C28H37N3O4.C7H13NO3S.C5H11NO2.C2H6.3H2/c1-4-20-14-19(2)10-6-5-9-13-29-27(33)24-17-22(18-31(24)26(32)15-20)35-28-23-12-8-7-11-21(23)16-25(30-28)34-3;1-3-7(4-5-7)12(10,11)8-6(2)9;1-5(2,3)8-4(6)7;1-2;;;/h5,7-9,11-12,16,19-20,22,24H,4,6,10,13-15,17-18H2,1-3H3,(H,29,33);3-5H2,1-2H3,(H,8,9);1-3H3,(H2,6,7);1-2H3;3*1H/b9-5-;;;;;;/t19-,20+,22+,24-;;;;;;/m0....../s1. The molecule has 2 aliphatic heterocycles. The van der Waals surface area contributed by atoms with Crippen LogP contribution in [0.3, 0.4) is 0 Å². The fourth-order valence-corrected chi connectivity index (χ4v) is 8.37. The first-order chi connectivity index (χ1) is 26.8. The van der Waals surface area contributed by atoms with Gasteiger partial charge in [0.05, 0.1) is 18.4 Å². The van der Waals surface area contributed by atoms with Crippen LogP contribution in [-0.2, 0) is 29.1 Å². The van der Waals surface area contributed by atoms with E-state index in [4.69, 9.17) is 15.2 Å². The Morgan fingerprint density at radius 2 is 1.77 bits per heavy atom. The number of rotatable bonds is 7. The van der Waals surface area contributed by atoms with E-state index in [1.807, 2.05) is 61.9 Å². The minimum Gasteiger partial charge on any atom is -0.481 e. The van der Waals surface area contributed by atoms with Gasteiger partial charge in [-0.25, -0.2) is 13.2 Å². The van der Waals surface area contributed by atoms with Crippen LogP contribution in [0, 0.1) is 11.8 Å². The molecule has 1 aromatic carbocycles. The van der Waals surface area contributed by atoms with E-state index in [9.17, 15) is 27.6 Å². The molecule has 3 aliphatic rings. The molecule has 2 fully saturated rings. The van der Waals surface area contributed by atoms with E-state index in [0.29, 0.717) is 68.8 Å². The van der Waals surface area contributed by atoms with Crippen molar-refractivity contribution in [2.24, 2.45) is 17.6 Å². The molecular formula is C42H73N5O9S. The van der Waals surface area contributed by atoms with Crippen LogP contribution in [-0.4, -0.2) is 84.8 Å². The van der Waals surface area contributed by atoms with Crippen molar-refractivity contribution >= 4 is 44.6 Å². The molecule has 1 aromatic heterocycles. The van der Waals surface area contributed by atoms with Gasteiger partial charge in [0, 0.05) is 42.0 Å². The lowest BCUT2D eigenvalue weighted by atomic mass is 9.88. The number of aromatic nitrogens is 1. The molecule has 3 heterocycles. The molecule has 4 atom stereocenters. The molecule has 0 radical (unpaired) electrons. The summed E-state index contributed by atoms with van der Waals surface area (Å²) >= 11 is 0. The molecule has 4 N–H and O–H groups in total. The summed E-state index contributed by atoms with van der Waals surface area (Å²) in [5, 5.41) is 4.83. The van der Waals surface area contributed by atoms with Crippen molar-refractivity contribution in [3.8, 4) is 11.8 Å². The van der Waals surface area contributed by atoms with Gasteiger partial charge in [-0.15, -0.1) is 0 Å². The van der Waals surface area contributed by atoms with Crippen molar-refractivity contribution in [3.63, 3.8) is 0 Å². The summed E-state index contributed by atoms with van der Waals surface area (Å²) in [4.78, 5) is 53.4. The number of fused-ring (bicyclic) bond motifs is 2. The van der Waals surface area contributed by atoms with E-state index in [0.717, 1.165) is 36.5 Å². The molecule has 57 heavy (non-hydrogen) atoms. The molecule has 2 aromatic rings. The molecule has 0 unspecified atom stereocenters. The van der Waals surface area contributed by atoms with Crippen molar-refractivity contribution in [2.75, 3.05) is 20.2 Å². The predicted molar refractivity (Wildman–Crippen MR) is 229 cm³/mol. The van der Waals surface area contributed by atoms with Gasteiger partial charge in [0.25, 0.3) is 0 Å². The maximum absolute atomic E-state index is 13.4. The fraction of sp³-hybridized carbons (Fsp3) is 0.643. The second kappa shape index (κ2) is 22.5. The third-order valence-electron chi connectivity index (χ3n) is 9.93. The molecule has 0 spiro atoms. The Morgan fingerprint density at radius 1 is 1.11 bits per heavy atom. The van der Waals surface area contributed by atoms with E-state index in [-0.39, 0.29) is 22.2 Å². The highest BCUT2D eigenvalue weighted by atomic mass is 32.2. The van der Waals surface area contributed by atoms with E-state index in [1.54, 1.807) is 32.8 Å². The van der Waals surface area contributed by atoms with Crippen LogP contribution in [0.25, 0.3) is 10.8 Å². The largest absolute Gasteiger partial charge is 0.481 e. The van der Waals surface area contributed by atoms with Gasteiger partial charge in [-0.3, -0.25) is 19.1 Å². The third-order valence-corrected chi connectivity index (χ3v) is 12.3. The number of allylic oxidation sites excluding steroid dienone is 1. The molecule has 1 aliphatic carbocycles. The summed E-state index contributed by atoms with van der Waals surface area (Å²) in [5.41, 5.74) is 4.26. The van der Waals surface area contributed by atoms with Gasteiger partial charge in [-0.1, -0.05) is 71.4 Å². The van der Waals surface area contributed by atoms with Crippen LogP contribution >= 0.6 is 0 Å². The zero-order valence-electron chi connectivity index (χ0n) is 35.7. The highest BCUT2D eigenvalue weighted by Gasteiger charge is 2.53. The van der Waals surface area contributed by atoms with Gasteiger partial charge < -0.3 is 30.2 Å². The number of pyridine rings is 1. The molecule has 1 saturated carbocycles. The number of nitrogens with one attached hydrogen (secondary N) is 2. The van der Waals surface area contributed by atoms with Crippen LogP contribution in [0.5, 0.6) is 11.8 Å². The lowest BCUT2D eigenvalue weighted by molar-refractivity contribution is -0.139. The first kappa shape index (κ1) is 48.7. The Bertz CT molecular complexity index is 1790. The number of methoxy groups -OCH3 is 1. The van der Waals surface area contributed by atoms with Gasteiger partial charge >= 0.3 is 6.09 Å². The van der Waals surface area contributed by atoms with Crippen LogP contribution in [0.2, 0.25) is 0 Å². The topological polar surface area (TPSA) is 196 Å². The molecule has 14 nitrogen and oxygen atoms in total. The molecule has 15 heteroatoms. The lowest BCUT2D eigenvalue weighted by Crippen LogP contribution is -2.46. The number of nitrogens with zero attached hydrogens (tertiary/aromatic N) is 2. The number of carbonyl (C=O) groups excluding carboxylic acids is 4. The van der Waals surface area contributed by atoms with E-state index in [1.165, 1.54) is 6.92 Å². The monoisotopic (exact) mass is 824 g/mol. The molecule has 4 amide bonds. The van der Waals surface area contributed by atoms with Crippen molar-refractivity contribution < 1.29 is 46.1 Å². The summed E-state index contributed by atoms with van der Waals surface area (Å²) in [6.07, 6.45) is 10.00.